The average Bonchev–Trinajstić information content (AvgIpc) is 2.08. The second-order valence-corrected chi connectivity index (χ2v) is 4.68. The minimum absolute atomic E-state index is 0.549. The summed E-state index contributed by atoms with van der Waals surface area (Å²) < 4.78 is 13.1. The van der Waals surface area contributed by atoms with E-state index in [0.29, 0.717) is 5.75 Å². The van der Waals surface area contributed by atoms with E-state index in [9.17, 15) is 4.55 Å². The molecule has 0 aliphatic rings. The Balaban J connectivity index is 2.59. The van der Waals surface area contributed by atoms with Gasteiger partial charge in [-0.25, -0.2) is 0 Å². The molecule has 0 spiro atoms. The smallest absolute Gasteiger partial charge is 0.150 e. The molecule has 1 atom stereocenters. The van der Waals surface area contributed by atoms with Gasteiger partial charge in [0.25, 0.3) is 0 Å². The quantitative estimate of drug-likeness (QED) is 0.582. The van der Waals surface area contributed by atoms with Crippen LogP contribution in [0.5, 0.6) is 0 Å². The summed E-state index contributed by atoms with van der Waals surface area (Å²) in [6.07, 6.45) is 0. The summed E-state index contributed by atoms with van der Waals surface area (Å²) in [5.74, 6) is 0.549. The second kappa shape index (κ2) is 4.50. The maximum Gasteiger partial charge on any atom is 0.150 e. The predicted octanol–water partition coefficient (Wildman–Crippen LogP) is 0.994. The summed E-state index contributed by atoms with van der Waals surface area (Å²) in [7, 11) is 3.60. The lowest BCUT2D eigenvalue weighted by Crippen LogP contribution is -2.23. The van der Waals surface area contributed by atoms with Gasteiger partial charge in [0.2, 0.25) is 0 Å². The summed E-state index contributed by atoms with van der Waals surface area (Å²) >= 11 is -0.937. The number of anilines is 1. The largest absolute Gasteiger partial charge is 0.598 e. The van der Waals surface area contributed by atoms with E-state index in [1.54, 1.807) is 18.4 Å². The van der Waals surface area contributed by atoms with Gasteiger partial charge in [-0.1, -0.05) is 12.1 Å². The van der Waals surface area contributed by atoms with E-state index in [2.05, 4.69) is 0 Å². The van der Waals surface area contributed by atoms with E-state index < -0.39 is 11.4 Å². The molecule has 0 aliphatic carbocycles. The number of nitrogen functional groups attached to an aromatic ring is 1. The van der Waals surface area contributed by atoms with Crippen molar-refractivity contribution in [1.82, 2.24) is 4.31 Å². The molecule has 0 bridgehead atoms. The fraction of sp³-hybridized carbons (Fsp3) is 0.333. The van der Waals surface area contributed by atoms with Crippen LogP contribution in [-0.4, -0.2) is 23.0 Å². The minimum atomic E-state index is -0.937. The van der Waals surface area contributed by atoms with Crippen LogP contribution < -0.4 is 5.73 Å². The molecule has 0 radical (unpaired) electrons. The van der Waals surface area contributed by atoms with E-state index >= 15 is 0 Å². The van der Waals surface area contributed by atoms with Crippen LogP contribution in [0.15, 0.2) is 24.3 Å². The normalized spacial score (nSPS) is 13.2. The maximum atomic E-state index is 11.4. The predicted molar refractivity (Wildman–Crippen MR) is 56.4 cm³/mol. The first-order valence-electron chi connectivity index (χ1n) is 4.00. The Bertz CT molecular complexity index is 261. The van der Waals surface area contributed by atoms with Gasteiger partial charge in [0.05, 0.1) is 0 Å². The summed E-state index contributed by atoms with van der Waals surface area (Å²) in [6.45, 7) is 0. The molecule has 72 valence electrons. The summed E-state index contributed by atoms with van der Waals surface area (Å²) in [6, 6.07) is 7.44. The van der Waals surface area contributed by atoms with Gasteiger partial charge in [0, 0.05) is 36.7 Å². The lowest BCUT2D eigenvalue weighted by Gasteiger charge is -2.15. The fourth-order valence-corrected chi connectivity index (χ4v) is 1.62. The lowest BCUT2D eigenvalue weighted by atomic mass is 10.2. The highest BCUT2D eigenvalue weighted by atomic mass is 32.2. The highest BCUT2D eigenvalue weighted by Crippen LogP contribution is 2.10. The van der Waals surface area contributed by atoms with Crippen molar-refractivity contribution in [3.05, 3.63) is 29.8 Å². The number of rotatable bonds is 3. The fourth-order valence-electron chi connectivity index (χ4n) is 0.886. The molecule has 0 saturated carbocycles. The topological polar surface area (TPSA) is 52.3 Å². The highest BCUT2D eigenvalue weighted by Gasteiger charge is 2.09. The van der Waals surface area contributed by atoms with E-state index in [0.717, 1.165) is 11.3 Å². The monoisotopic (exact) mass is 198 g/mol. The molecule has 1 rings (SSSR count). The van der Waals surface area contributed by atoms with Gasteiger partial charge in [-0.3, -0.25) is 0 Å². The van der Waals surface area contributed by atoms with Gasteiger partial charge in [-0.15, -0.1) is 4.31 Å². The van der Waals surface area contributed by atoms with Crippen molar-refractivity contribution in [1.29, 1.82) is 0 Å². The zero-order valence-electron chi connectivity index (χ0n) is 7.86. The average molecular weight is 198 g/mol. The molecule has 0 saturated heterocycles. The molecule has 0 fully saturated rings. The van der Waals surface area contributed by atoms with Gasteiger partial charge in [0.15, 0.2) is 5.75 Å². The van der Waals surface area contributed by atoms with Crippen LogP contribution in [0.3, 0.4) is 0 Å². The van der Waals surface area contributed by atoms with Crippen molar-refractivity contribution in [2.45, 2.75) is 5.75 Å². The Hall–Kier alpha value is -0.710. The highest BCUT2D eigenvalue weighted by molar-refractivity contribution is 7.88. The second-order valence-electron chi connectivity index (χ2n) is 3.02. The van der Waals surface area contributed by atoms with Crippen molar-refractivity contribution in [2.24, 2.45) is 0 Å². The molecular formula is C9H14N2OS. The standard InChI is InChI=1S/C9H14N2OS/c1-11(2)13(12)7-8-3-5-9(10)6-4-8/h3-6H,7,10H2,1-2H3. The minimum Gasteiger partial charge on any atom is -0.598 e. The van der Waals surface area contributed by atoms with E-state index in [4.69, 9.17) is 5.73 Å². The van der Waals surface area contributed by atoms with E-state index in [1.807, 2.05) is 24.3 Å². The van der Waals surface area contributed by atoms with Crippen molar-refractivity contribution < 1.29 is 4.55 Å². The Labute approximate surface area is 81.9 Å². The first-order valence-corrected chi connectivity index (χ1v) is 5.27. The molecule has 0 aliphatic heterocycles. The zero-order chi connectivity index (χ0) is 9.84. The number of hydrogen-bond donors (Lipinski definition) is 1. The Morgan fingerprint density at radius 3 is 2.31 bits per heavy atom. The molecule has 1 aromatic carbocycles. The van der Waals surface area contributed by atoms with Crippen molar-refractivity contribution >= 4 is 17.0 Å². The van der Waals surface area contributed by atoms with Crippen LogP contribution in [0.1, 0.15) is 5.56 Å². The van der Waals surface area contributed by atoms with Crippen molar-refractivity contribution in [2.75, 3.05) is 19.8 Å². The third-order valence-corrected chi connectivity index (χ3v) is 3.07. The number of nitrogens with two attached hydrogens (primary N) is 1. The van der Waals surface area contributed by atoms with Crippen LogP contribution >= 0.6 is 0 Å². The molecular weight excluding hydrogens is 184 g/mol. The van der Waals surface area contributed by atoms with Gasteiger partial charge in [-0.05, 0) is 12.1 Å². The molecule has 1 unspecified atom stereocenters. The molecule has 1 aromatic rings. The summed E-state index contributed by atoms with van der Waals surface area (Å²) in [5, 5.41) is 0. The SMILES string of the molecule is CN(C)[S+]([O-])Cc1ccc(N)cc1. The Morgan fingerprint density at radius 2 is 1.85 bits per heavy atom. The van der Waals surface area contributed by atoms with E-state index in [-0.39, 0.29) is 0 Å². The third-order valence-electron chi connectivity index (χ3n) is 1.68. The van der Waals surface area contributed by atoms with Gasteiger partial charge >= 0.3 is 0 Å². The first kappa shape index (κ1) is 10.4. The van der Waals surface area contributed by atoms with Crippen LogP contribution in [-0.2, 0) is 17.1 Å². The van der Waals surface area contributed by atoms with Crippen LogP contribution in [0.25, 0.3) is 0 Å². The molecule has 13 heavy (non-hydrogen) atoms. The third kappa shape index (κ3) is 3.26. The lowest BCUT2D eigenvalue weighted by molar-refractivity contribution is 0.519. The van der Waals surface area contributed by atoms with Gasteiger partial charge in [-0.2, -0.15) is 0 Å². The van der Waals surface area contributed by atoms with Crippen LogP contribution in [0.2, 0.25) is 0 Å². The Kier molecular flexibility index (Phi) is 3.59. The van der Waals surface area contributed by atoms with Crippen LogP contribution in [0, 0.1) is 0 Å². The van der Waals surface area contributed by atoms with Gasteiger partial charge < -0.3 is 10.3 Å². The van der Waals surface area contributed by atoms with Crippen molar-refractivity contribution in [3.8, 4) is 0 Å². The molecule has 0 aromatic heterocycles. The van der Waals surface area contributed by atoms with Crippen molar-refractivity contribution in [3.63, 3.8) is 0 Å². The summed E-state index contributed by atoms with van der Waals surface area (Å²) in [5.41, 5.74) is 7.31. The maximum absolute atomic E-state index is 11.4. The first-order chi connectivity index (χ1) is 6.09. The molecule has 0 heterocycles. The number of benzene rings is 1. The number of hydrogen-bond acceptors (Lipinski definition) is 3. The molecule has 0 amide bonds. The summed E-state index contributed by atoms with van der Waals surface area (Å²) in [4.78, 5) is 0. The molecule has 4 heteroatoms. The Morgan fingerprint density at radius 1 is 1.31 bits per heavy atom. The zero-order valence-corrected chi connectivity index (χ0v) is 8.67. The molecule has 3 nitrogen and oxygen atoms in total. The number of nitrogens with zero attached hydrogens (tertiary/aromatic N) is 1. The van der Waals surface area contributed by atoms with E-state index in [1.165, 1.54) is 0 Å². The van der Waals surface area contributed by atoms with Gasteiger partial charge in [0.1, 0.15) is 0 Å². The molecule has 2 N–H and O–H groups in total. The van der Waals surface area contributed by atoms with Crippen LogP contribution in [0.4, 0.5) is 5.69 Å².